The van der Waals surface area contributed by atoms with Crippen LogP contribution in [-0.2, 0) is 0 Å². The van der Waals surface area contributed by atoms with Crippen molar-refractivity contribution >= 4 is 51.2 Å². The van der Waals surface area contributed by atoms with Crippen LogP contribution in [0.15, 0.2) is 103 Å². The Morgan fingerprint density at radius 2 is 1.25 bits per heavy atom. The maximum Gasteiger partial charge on any atom is 0.350 e. The highest BCUT2D eigenvalue weighted by atomic mass is 28.4. The van der Waals surface area contributed by atoms with Gasteiger partial charge in [-0.05, 0) is 22.7 Å². The lowest BCUT2D eigenvalue weighted by molar-refractivity contribution is 0.539. The maximum atomic E-state index is 7.21. The molecule has 0 aliphatic carbocycles. The van der Waals surface area contributed by atoms with Crippen LogP contribution in [0.3, 0.4) is 0 Å². The van der Waals surface area contributed by atoms with Crippen molar-refractivity contribution in [3.8, 4) is 5.88 Å². The number of fused-ring (bicyclic) bond motifs is 3. The Balaban J connectivity index is 1.75. The van der Waals surface area contributed by atoms with E-state index in [1.54, 1.807) is 0 Å². The minimum atomic E-state index is -2.80. The first-order valence-electron chi connectivity index (χ1n) is 10.9. The largest absolute Gasteiger partial charge is 0.517 e. The van der Waals surface area contributed by atoms with E-state index in [2.05, 4.69) is 114 Å². The van der Waals surface area contributed by atoms with Crippen LogP contribution in [0.1, 0.15) is 5.69 Å². The van der Waals surface area contributed by atoms with Crippen LogP contribution in [0.4, 0.5) is 0 Å². The molecule has 0 amide bonds. The summed E-state index contributed by atoms with van der Waals surface area (Å²) in [7, 11) is -2.80. The van der Waals surface area contributed by atoms with Gasteiger partial charge in [0.25, 0.3) is 0 Å². The van der Waals surface area contributed by atoms with Gasteiger partial charge >= 0.3 is 8.32 Å². The van der Waals surface area contributed by atoms with Crippen molar-refractivity contribution in [2.24, 2.45) is 0 Å². The van der Waals surface area contributed by atoms with Crippen LogP contribution in [0.2, 0.25) is 0 Å². The summed E-state index contributed by atoms with van der Waals surface area (Å²) in [6.45, 7) is 2.06. The molecule has 2 aromatic heterocycles. The molecule has 0 N–H and O–H groups in total. The smallest absolute Gasteiger partial charge is 0.350 e. The standard InChI is InChI=1S/C28H20N2OSi/c1-19-28-30-26-23(22-15-8-9-16-24(22)27(30)29-19)17-10-18-25(26)32(31-28,20-11-4-2-5-12-20)21-13-6-3-7-14-21/h2-18H,1H3. The molecule has 7 rings (SSSR count). The van der Waals surface area contributed by atoms with E-state index in [1.165, 1.54) is 31.8 Å². The Labute approximate surface area is 186 Å². The first-order chi connectivity index (χ1) is 15.8. The number of imidazole rings is 1. The summed E-state index contributed by atoms with van der Waals surface area (Å²) in [6, 6.07) is 36.7. The Bertz CT molecular complexity index is 1620. The molecule has 4 heteroatoms. The SMILES string of the molecule is Cc1nc2c3ccccc3c3cccc4c3n2c1O[Si]4(c1ccccc1)c1ccccc1. The molecule has 0 spiro atoms. The van der Waals surface area contributed by atoms with Gasteiger partial charge in [-0.1, -0.05) is 103 Å². The first-order valence-corrected chi connectivity index (χ1v) is 12.8. The molecule has 0 unspecified atom stereocenters. The van der Waals surface area contributed by atoms with Crippen molar-refractivity contribution in [3.05, 3.63) is 109 Å². The fraction of sp³-hybridized carbons (Fsp3) is 0.0357. The summed E-state index contributed by atoms with van der Waals surface area (Å²) in [5, 5.41) is 7.39. The zero-order chi connectivity index (χ0) is 21.3. The van der Waals surface area contributed by atoms with Gasteiger partial charge in [0.15, 0.2) is 0 Å². The molecule has 0 saturated heterocycles. The molecule has 0 radical (unpaired) electrons. The van der Waals surface area contributed by atoms with Crippen molar-refractivity contribution < 1.29 is 4.43 Å². The molecule has 1 aliphatic heterocycles. The second-order valence-corrected chi connectivity index (χ2v) is 11.7. The number of rotatable bonds is 2. The molecule has 3 heterocycles. The van der Waals surface area contributed by atoms with Gasteiger partial charge in [0.05, 0.1) is 11.2 Å². The molecular formula is C28H20N2OSi. The Kier molecular flexibility index (Phi) is 3.50. The second-order valence-electron chi connectivity index (χ2n) is 8.42. The van der Waals surface area contributed by atoms with Gasteiger partial charge in [0, 0.05) is 16.0 Å². The summed E-state index contributed by atoms with van der Waals surface area (Å²) in [6.07, 6.45) is 0. The van der Waals surface area contributed by atoms with Crippen LogP contribution in [0, 0.1) is 6.92 Å². The van der Waals surface area contributed by atoms with E-state index in [1.807, 2.05) is 0 Å². The van der Waals surface area contributed by atoms with Gasteiger partial charge in [-0.15, -0.1) is 0 Å². The van der Waals surface area contributed by atoms with Crippen molar-refractivity contribution in [3.63, 3.8) is 0 Å². The molecule has 6 aromatic rings. The molecule has 0 fully saturated rings. The van der Waals surface area contributed by atoms with Crippen molar-refractivity contribution in [2.75, 3.05) is 0 Å². The molecule has 0 bridgehead atoms. The number of hydrogen-bond acceptors (Lipinski definition) is 2. The molecule has 152 valence electrons. The predicted molar refractivity (Wildman–Crippen MR) is 133 cm³/mol. The first kappa shape index (κ1) is 17.8. The highest BCUT2D eigenvalue weighted by Crippen LogP contribution is 2.37. The highest BCUT2D eigenvalue weighted by molar-refractivity contribution is 7.08. The maximum absolute atomic E-state index is 7.21. The van der Waals surface area contributed by atoms with Gasteiger partial charge in [-0.25, -0.2) is 4.98 Å². The van der Waals surface area contributed by atoms with Gasteiger partial charge in [-0.3, -0.25) is 4.40 Å². The van der Waals surface area contributed by atoms with E-state index >= 15 is 0 Å². The van der Waals surface area contributed by atoms with E-state index in [9.17, 15) is 0 Å². The summed E-state index contributed by atoms with van der Waals surface area (Å²) in [4.78, 5) is 5.01. The lowest BCUT2D eigenvalue weighted by Crippen LogP contribution is -2.73. The van der Waals surface area contributed by atoms with E-state index in [-0.39, 0.29) is 0 Å². The highest BCUT2D eigenvalue weighted by Gasteiger charge is 2.49. The zero-order valence-corrected chi connectivity index (χ0v) is 18.6. The average molecular weight is 429 g/mol. The quantitative estimate of drug-likeness (QED) is 0.304. The number of aryl methyl sites for hydroxylation is 1. The number of aromatic nitrogens is 2. The summed E-state index contributed by atoms with van der Waals surface area (Å²) in [5.41, 5.74) is 3.13. The molecule has 3 nitrogen and oxygen atoms in total. The van der Waals surface area contributed by atoms with E-state index in [0.29, 0.717) is 0 Å². The van der Waals surface area contributed by atoms with Gasteiger partial charge in [0.2, 0.25) is 5.88 Å². The van der Waals surface area contributed by atoms with Crippen LogP contribution in [-0.4, -0.2) is 17.7 Å². The van der Waals surface area contributed by atoms with Crippen LogP contribution in [0.25, 0.3) is 27.3 Å². The Morgan fingerprint density at radius 3 is 1.94 bits per heavy atom. The molecule has 32 heavy (non-hydrogen) atoms. The molecule has 0 atom stereocenters. The third-order valence-electron chi connectivity index (χ3n) is 6.71. The van der Waals surface area contributed by atoms with E-state index in [0.717, 1.165) is 22.6 Å². The number of hydrogen-bond donors (Lipinski definition) is 0. The van der Waals surface area contributed by atoms with E-state index < -0.39 is 8.32 Å². The lowest BCUT2D eigenvalue weighted by Gasteiger charge is -2.37. The monoisotopic (exact) mass is 428 g/mol. The van der Waals surface area contributed by atoms with Gasteiger partial charge in [-0.2, -0.15) is 0 Å². The van der Waals surface area contributed by atoms with Gasteiger partial charge < -0.3 is 4.43 Å². The third kappa shape index (κ3) is 2.12. The van der Waals surface area contributed by atoms with Crippen LogP contribution >= 0.6 is 0 Å². The summed E-state index contributed by atoms with van der Waals surface area (Å²) < 4.78 is 9.46. The number of nitrogens with zero attached hydrogens (tertiary/aromatic N) is 2. The number of pyridine rings is 1. The average Bonchev–Trinajstić information content (AvgIpc) is 3.20. The summed E-state index contributed by atoms with van der Waals surface area (Å²) >= 11 is 0. The van der Waals surface area contributed by atoms with Crippen molar-refractivity contribution in [1.82, 2.24) is 9.38 Å². The van der Waals surface area contributed by atoms with Crippen LogP contribution < -0.4 is 20.0 Å². The zero-order valence-electron chi connectivity index (χ0n) is 17.6. The molecule has 4 aromatic carbocycles. The molecule has 1 aliphatic rings. The minimum Gasteiger partial charge on any atom is -0.517 e. The lowest BCUT2D eigenvalue weighted by atomic mass is 10.1. The number of para-hydroxylation sites is 1. The predicted octanol–water partition coefficient (Wildman–Crippen LogP) is 4.31. The summed E-state index contributed by atoms with van der Waals surface area (Å²) in [5.74, 6) is 0.869. The van der Waals surface area contributed by atoms with Crippen molar-refractivity contribution in [1.29, 1.82) is 0 Å². The Hall–Kier alpha value is -3.89. The minimum absolute atomic E-state index is 0.869. The molecular weight excluding hydrogens is 408 g/mol. The molecule has 0 saturated carbocycles. The fourth-order valence-corrected chi connectivity index (χ4v) is 9.43. The fourth-order valence-electron chi connectivity index (χ4n) is 5.36. The normalized spacial score (nSPS) is 14.3. The second kappa shape index (κ2) is 6.31. The topological polar surface area (TPSA) is 26.5 Å². The van der Waals surface area contributed by atoms with Crippen LogP contribution in [0.5, 0.6) is 5.88 Å². The Morgan fingerprint density at radius 1 is 0.656 bits per heavy atom. The van der Waals surface area contributed by atoms with Crippen molar-refractivity contribution in [2.45, 2.75) is 6.92 Å². The number of benzene rings is 4. The third-order valence-corrected chi connectivity index (χ3v) is 10.7. The van der Waals surface area contributed by atoms with Gasteiger partial charge in [0.1, 0.15) is 5.65 Å². The van der Waals surface area contributed by atoms with E-state index in [4.69, 9.17) is 9.41 Å².